The molecule has 2 atom stereocenters. The van der Waals surface area contributed by atoms with Gasteiger partial charge in [0, 0.05) is 23.3 Å². The lowest BCUT2D eigenvalue weighted by molar-refractivity contribution is 0.484. The summed E-state index contributed by atoms with van der Waals surface area (Å²) < 4.78 is 0. The third-order valence-corrected chi connectivity index (χ3v) is 3.64. The second kappa shape index (κ2) is 4.76. The van der Waals surface area contributed by atoms with Crippen LogP contribution in [0.3, 0.4) is 0 Å². The summed E-state index contributed by atoms with van der Waals surface area (Å²) in [7, 11) is 0. The van der Waals surface area contributed by atoms with Crippen molar-refractivity contribution in [2.24, 2.45) is 0 Å². The third kappa shape index (κ3) is 2.48. The maximum atomic E-state index is 4.48. The summed E-state index contributed by atoms with van der Waals surface area (Å²) in [5.74, 6) is 0. The van der Waals surface area contributed by atoms with Gasteiger partial charge in [0.25, 0.3) is 0 Å². The first-order valence-corrected chi connectivity index (χ1v) is 6.22. The summed E-state index contributed by atoms with van der Waals surface area (Å²) in [6, 6.07) is 2.50. The SMILES string of the molecule is Cc1csc(C(C)NC(C)c2ccn[nH]2)n1. The Balaban J connectivity index is 2.00. The number of aryl methyl sites for hydroxylation is 1. The molecule has 0 saturated carbocycles. The predicted octanol–water partition coefficient (Wildman–Crippen LogP) is 2.59. The molecule has 0 aliphatic carbocycles. The van der Waals surface area contributed by atoms with E-state index in [1.807, 2.05) is 13.0 Å². The maximum Gasteiger partial charge on any atom is 0.110 e. The van der Waals surface area contributed by atoms with E-state index in [0.29, 0.717) is 0 Å². The normalized spacial score (nSPS) is 14.9. The standard InChI is InChI=1S/C11H16N4S/c1-7-6-16-11(13-7)9(3)14-8(2)10-4-5-12-15-10/h4-6,8-9,14H,1-3H3,(H,12,15). The minimum Gasteiger partial charge on any atom is -0.300 e. The topological polar surface area (TPSA) is 53.6 Å². The zero-order valence-corrected chi connectivity index (χ0v) is 10.5. The van der Waals surface area contributed by atoms with Gasteiger partial charge >= 0.3 is 0 Å². The zero-order valence-electron chi connectivity index (χ0n) is 9.69. The van der Waals surface area contributed by atoms with Crippen LogP contribution < -0.4 is 5.32 Å². The van der Waals surface area contributed by atoms with E-state index in [9.17, 15) is 0 Å². The summed E-state index contributed by atoms with van der Waals surface area (Å²) >= 11 is 1.70. The van der Waals surface area contributed by atoms with Crippen molar-refractivity contribution in [2.75, 3.05) is 0 Å². The van der Waals surface area contributed by atoms with Gasteiger partial charge in [-0.3, -0.25) is 5.10 Å². The minimum atomic E-state index is 0.252. The van der Waals surface area contributed by atoms with Gasteiger partial charge in [-0.25, -0.2) is 4.98 Å². The third-order valence-electron chi connectivity index (χ3n) is 2.50. The lowest BCUT2D eigenvalue weighted by Crippen LogP contribution is -2.22. The highest BCUT2D eigenvalue weighted by atomic mass is 32.1. The van der Waals surface area contributed by atoms with Crippen LogP contribution in [-0.2, 0) is 0 Å². The molecule has 0 aliphatic rings. The van der Waals surface area contributed by atoms with Crippen LogP contribution in [0.5, 0.6) is 0 Å². The molecule has 0 radical (unpaired) electrons. The van der Waals surface area contributed by atoms with Crippen molar-refractivity contribution in [3.8, 4) is 0 Å². The first kappa shape index (κ1) is 11.3. The summed E-state index contributed by atoms with van der Waals surface area (Å²) in [5.41, 5.74) is 2.18. The van der Waals surface area contributed by atoms with Crippen LogP contribution in [0.2, 0.25) is 0 Å². The van der Waals surface area contributed by atoms with Crippen molar-refractivity contribution >= 4 is 11.3 Å². The van der Waals surface area contributed by atoms with Crippen molar-refractivity contribution in [1.82, 2.24) is 20.5 Å². The molecule has 5 heteroatoms. The van der Waals surface area contributed by atoms with E-state index in [-0.39, 0.29) is 12.1 Å². The largest absolute Gasteiger partial charge is 0.300 e. The van der Waals surface area contributed by atoms with Gasteiger partial charge in [0.05, 0.1) is 11.7 Å². The molecule has 2 heterocycles. The number of hydrogen-bond acceptors (Lipinski definition) is 4. The lowest BCUT2D eigenvalue weighted by atomic mass is 10.2. The van der Waals surface area contributed by atoms with Crippen LogP contribution in [-0.4, -0.2) is 15.2 Å². The van der Waals surface area contributed by atoms with Gasteiger partial charge in [0.15, 0.2) is 0 Å². The van der Waals surface area contributed by atoms with E-state index in [1.165, 1.54) is 0 Å². The minimum absolute atomic E-state index is 0.252. The fraction of sp³-hybridized carbons (Fsp3) is 0.455. The molecule has 0 aromatic carbocycles. The van der Waals surface area contributed by atoms with E-state index in [1.54, 1.807) is 17.5 Å². The number of aromatic amines is 1. The molecule has 2 aromatic rings. The fourth-order valence-corrected chi connectivity index (χ4v) is 2.43. The lowest BCUT2D eigenvalue weighted by Gasteiger charge is -2.16. The Morgan fingerprint density at radius 3 is 2.75 bits per heavy atom. The average molecular weight is 236 g/mol. The van der Waals surface area contributed by atoms with Gasteiger partial charge in [0.2, 0.25) is 0 Å². The summed E-state index contributed by atoms with van der Waals surface area (Å²) in [6.45, 7) is 6.26. The number of thiazole rings is 1. The van der Waals surface area contributed by atoms with Crippen LogP contribution in [0, 0.1) is 6.92 Å². The van der Waals surface area contributed by atoms with E-state index in [0.717, 1.165) is 16.4 Å². The molecule has 0 saturated heterocycles. The van der Waals surface area contributed by atoms with Gasteiger partial charge in [-0.15, -0.1) is 11.3 Å². The number of nitrogens with one attached hydrogen (secondary N) is 2. The Morgan fingerprint density at radius 2 is 2.19 bits per heavy atom. The number of rotatable bonds is 4. The average Bonchev–Trinajstić information content (AvgIpc) is 2.87. The Labute approximate surface area is 99.1 Å². The van der Waals surface area contributed by atoms with Crippen LogP contribution in [0.15, 0.2) is 17.6 Å². The monoisotopic (exact) mass is 236 g/mol. The molecule has 2 rings (SSSR count). The Morgan fingerprint density at radius 1 is 1.38 bits per heavy atom. The van der Waals surface area contributed by atoms with Gasteiger partial charge in [0.1, 0.15) is 5.01 Å². The molecule has 2 N–H and O–H groups in total. The first-order chi connectivity index (χ1) is 7.66. The number of hydrogen-bond donors (Lipinski definition) is 2. The van der Waals surface area contributed by atoms with Gasteiger partial charge in [-0.1, -0.05) is 0 Å². The second-order valence-electron chi connectivity index (χ2n) is 3.95. The van der Waals surface area contributed by atoms with E-state index < -0.39 is 0 Å². The fourth-order valence-electron chi connectivity index (χ4n) is 1.61. The first-order valence-electron chi connectivity index (χ1n) is 5.34. The van der Waals surface area contributed by atoms with E-state index >= 15 is 0 Å². The molecule has 2 unspecified atom stereocenters. The summed E-state index contributed by atoms with van der Waals surface area (Å²) in [5, 5.41) is 13.6. The predicted molar refractivity (Wildman–Crippen MR) is 65.4 cm³/mol. The Kier molecular flexibility index (Phi) is 3.36. The van der Waals surface area contributed by atoms with E-state index in [4.69, 9.17) is 0 Å². The highest BCUT2D eigenvalue weighted by Gasteiger charge is 2.14. The van der Waals surface area contributed by atoms with Gasteiger partial charge in [-0.05, 0) is 26.8 Å². The van der Waals surface area contributed by atoms with E-state index in [2.05, 4.69) is 39.7 Å². The molecular formula is C11H16N4S. The Hall–Kier alpha value is -1.20. The molecule has 0 fully saturated rings. The molecular weight excluding hydrogens is 220 g/mol. The van der Waals surface area contributed by atoms with Crippen molar-refractivity contribution < 1.29 is 0 Å². The molecule has 86 valence electrons. The van der Waals surface area contributed by atoms with Gasteiger partial charge < -0.3 is 5.32 Å². The van der Waals surface area contributed by atoms with Crippen molar-refractivity contribution in [3.05, 3.63) is 34.0 Å². The quantitative estimate of drug-likeness (QED) is 0.858. The maximum absolute atomic E-state index is 4.48. The molecule has 2 aromatic heterocycles. The van der Waals surface area contributed by atoms with Crippen molar-refractivity contribution in [3.63, 3.8) is 0 Å². The molecule has 0 amide bonds. The molecule has 0 spiro atoms. The molecule has 0 bridgehead atoms. The van der Waals surface area contributed by atoms with Crippen LogP contribution in [0.1, 0.15) is 42.3 Å². The molecule has 4 nitrogen and oxygen atoms in total. The zero-order chi connectivity index (χ0) is 11.5. The van der Waals surface area contributed by atoms with Crippen LogP contribution >= 0.6 is 11.3 Å². The smallest absolute Gasteiger partial charge is 0.110 e. The molecule has 0 aliphatic heterocycles. The van der Waals surface area contributed by atoms with Crippen LogP contribution in [0.4, 0.5) is 0 Å². The highest BCUT2D eigenvalue weighted by Crippen LogP contribution is 2.20. The number of H-pyrrole nitrogens is 1. The number of nitrogens with zero attached hydrogens (tertiary/aromatic N) is 2. The van der Waals surface area contributed by atoms with Gasteiger partial charge in [-0.2, -0.15) is 5.10 Å². The summed E-state index contributed by atoms with van der Waals surface area (Å²) in [4.78, 5) is 4.48. The Bertz CT molecular complexity index is 435. The van der Waals surface area contributed by atoms with Crippen molar-refractivity contribution in [1.29, 1.82) is 0 Å². The highest BCUT2D eigenvalue weighted by molar-refractivity contribution is 7.09. The molecule has 16 heavy (non-hydrogen) atoms. The summed E-state index contributed by atoms with van der Waals surface area (Å²) in [6.07, 6.45) is 1.77. The van der Waals surface area contributed by atoms with Crippen molar-refractivity contribution in [2.45, 2.75) is 32.9 Å². The van der Waals surface area contributed by atoms with Crippen LogP contribution in [0.25, 0.3) is 0 Å². The second-order valence-corrected chi connectivity index (χ2v) is 4.84. The number of aromatic nitrogens is 3.